The Morgan fingerprint density at radius 3 is 2.38 bits per heavy atom. The number of fused-ring (bicyclic) bond motifs is 1. The number of rotatable bonds is 9. The number of amides is 2. The van der Waals surface area contributed by atoms with E-state index in [1.54, 1.807) is 29.4 Å². The molecule has 1 fully saturated rings. The lowest BCUT2D eigenvalue weighted by molar-refractivity contribution is -0.144. The molecule has 1 aliphatic heterocycles. The van der Waals surface area contributed by atoms with Crippen molar-refractivity contribution in [2.45, 2.75) is 25.7 Å². The summed E-state index contributed by atoms with van der Waals surface area (Å²) in [4.78, 5) is 47.6. The Morgan fingerprint density at radius 1 is 0.979 bits per heavy atom. The molecule has 47 heavy (non-hydrogen) atoms. The van der Waals surface area contributed by atoms with E-state index in [4.69, 9.17) is 0 Å². The largest absolute Gasteiger partial charge is 0.507 e. The molecule has 9 nitrogen and oxygen atoms in total. The van der Waals surface area contributed by atoms with Gasteiger partial charge in [0.15, 0.2) is 0 Å². The number of aromatic hydroxyl groups is 1. The Morgan fingerprint density at radius 2 is 1.68 bits per heavy atom. The van der Waals surface area contributed by atoms with Crippen molar-refractivity contribution in [3.63, 3.8) is 0 Å². The summed E-state index contributed by atoms with van der Waals surface area (Å²) < 4.78 is 18.2. The van der Waals surface area contributed by atoms with Gasteiger partial charge in [-0.2, -0.15) is 0 Å². The standard InChI is InChI=1S/C37H35FN4O5/c1-47-34(44)23-40-36(46)37(21-25-7-11-28(38)12-8-25)14-17-42(18-15-37)33(43)19-24-5-9-26(10-6-24)29-3-2-4-30(35(29)45)31-20-27-13-16-39-22-32(27)41-31/h2-13,16,20,22,41,45H,14-15,17-19,21,23H2,1H3,(H,40,46). The van der Waals surface area contributed by atoms with E-state index in [9.17, 15) is 23.9 Å². The number of hydrogen-bond donors (Lipinski definition) is 3. The number of methoxy groups -OCH3 is 1. The third-order valence-corrected chi connectivity index (χ3v) is 9.00. The van der Waals surface area contributed by atoms with Crippen LogP contribution in [-0.2, 0) is 32.0 Å². The summed E-state index contributed by atoms with van der Waals surface area (Å²) in [7, 11) is 1.26. The Balaban J connectivity index is 1.12. The highest BCUT2D eigenvalue weighted by atomic mass is 19.1. The van der Waals surface area contributed by atoms with Gasteiger partial charge in [0.2, 0.25) is 11.8 Å². The molecule has 0 saturated carbocycles. The average Bonchev–Trinajstić information content (AvgIpc) is 3.53. The number of aromatic amines is 1. The first-order valence-corrected chi connectivity index (χ1v) is 15.5. The Bertz CT molecular complexity index is 1880. The Hall–Kier alpha value is -5.51. The molecule has 0 atom stereocenters. The maximum atomic E-state index is 13.5. The second-order valence-electron chi connectivity index (χ2n) is 11.9. The molecule has 2 aromatic heterocycles. The van der Waals surface area contributed by atoms with E-state index in [2.05, 4.69) is 20.0 Å². The average molecular weight is 635 g/mol. The molecule has 1 aliphatic rings. The quantitative estimate of drug-likeness (QED) is 0.186. The van der Waals surface area contributed by atoms with E-state index in [0.717, 1.165) is 33.3 Å². The number of phenolic OH excluding ortho intramolecular Hbond substituents is 1. The zero-order valence-electron chi connectivity index (χ0n) is 26.0. The summed E-state index contributed by atoms with van der Waals surface area (Å²) in [5, 5.41) is 14.9. The minimum Gasteiger partial charge on any atom is -0.507 e. The molecular weight excluding hydrogens is 599 g/mol. The van der Waals surface area contributed by atoms with Crippen LogP contribution in [0.5, 0.6) is 5.75 Å². The van der Waals surface area contributed by atoms with Crippen LogP contribution in [-0.4, -0.2) is 64.5 Å². The molecule has 3 aromatic carbocycles. The van der Waals surface area contributed by atoms with Crippen LogP contribution in [0.3, 0.4) is 0 Å². The number of aromatic nitrogens is 2. The maximum absolute atomic E-state index is 13.5. The van der Waals surface area contributed by atoms with E-state index in [0.29, 0.717) is 43.5 Å². The van der Waals surface area contributed by atoms with Gasteiger partial charge in [0, 0.05) is 35.8 Å². The number of nitrogens with one attached hydrogen (secondary N) is 2. The number of hydrogen-bond acceptors (Lipinski definition) is 6. The van der Waals surface area contributed by atoms with Crippen molar-refractivity contribution in [3.05, 3.63) is 108 Å². The molecule has 1 saturated heterocycles. The van der Waals surface area contributed by atoms with Crippen molar-refractivity contribution < 1.29 is 28.6 Å². The number of benzene rings is 3. The zero-order valence-corrected chi connectivity index (χ0v) is 26.0. The third kappa shape index (κ3) is 6.86. The van der Waals surface area contributed by atoms with Crippen LogP contribution in [0.15, 0.2) is 91.3 Å². The fraction of sp³-hybridized carbons (Fsp3) is 0.243. The number of carbonyl (C=O) groups excluding carboxylic acids is 3. The topological polar surface area (TPSA) is 125 Å². The van der Waals surface area contributed by atoms with Crippen molar-refractivity contribution in [1.29, 1.82) is 0 Å². The molecule has 3 heterocycles. The highest BCUT2D eigenvalue weighted by Crippen LogP contribution is 2.39. The summed E-state index contributed by atoms with van der Waals surface area (Å²) in [6.07, 6.45) is 4.81. The second-order valence-corrected chi connectivity index (χ2v) is 11.9. The van der Waals surface area contributed by atoms with Crippen LogP contribution in [0.4, 0.5) is 4.39 Å². The minimum atomic E-state index is -0.857. The van der Waals surface area contributed by atoms with Crippen LogP contribution in [0.1, 0.15) is 24.0 Å². The molecule has 5 aromatic rings. The molecule has 0 spiro atoms. The molecule has 3 N–H and O–H groups in total. The first kappa shape index (κ1) is 31.5. The van der Waals surface area contributed by atoms with Gasteiger partial charge in [-0.1, -0.05) is 48.5 Å². The van der Waals surface area contributed by atoms with E-state index >= 15 is 0 Å². The molecule has 10 heteroatoms. The van der Waals surface area contributed by atoms with E-state index < -0.39 is 11.4 Å². The lowest BCUT2D eigenvalue weighted by Gasteiger charge is -2.41. The number of esters is 1. The summed E-state index contributed by atoms with van der Waals surface area (Å²) in [5.74, 6) is -1.10. The number of likely N-dealkylation sites (tertiary alicyclic amines) is 1. The number of H-pyrrole nitrogens is 1. The molecule has 0 bridgehead atoms. The molecule has 0 unspecified atom stereocenters. The monoisotopic (exact) mass is 634 g/mol. The molecule has 0 radical (unpaired) electrons. The normalized spacial score (nSPS) is 14.1. The predicted octanol–water partition coefficient (Wildman–Crippen LogP) is 5.42. The van der Waals surface area contributed by atoms with Gasteiger partial charge in [-0.25, -0.2) is 4.39 Å². The predicted molar refractivity (Wildman–Crippen MR) is 176 cm³/mol. The molecule has 0 aliphatic carbocycles. The van der Waals surface area contributed by atoms with Crippen LogP contribution in [0.2, 0.25) is 0 Å². The maximum Gasteiger partial charge on any atom is 0.325 e. The minimum absolute atomic E-state index is 0.0544. The fourth-order valence-corrected chi connectivity index (χ4v) is 6.27. The van der Waals surface area contributed by atoms with Crippen LogP contribution in [0.25, 0.3) is 33.3 Å². The van der Waals surface area contributed by atoms with Crippen molar-refractivity contribution in [2.24, 2.45) is 5.41 Å². The Kier molecular flexibility index (Phi) is 9.01. The van der Waals surface area contributed by atoms with Crippen LogP contribution in [0, 0.1) is 11.2 Å². The zero-order chi connectivity index (χ0) is 33.0. The van der Waals surface area contributed by atoms with E-state index in [-0.39, 0.29) is 36.3 Å². The summed E-state index contributed by atoms with van der Waals surface area (Å²) in [5.41, 5.74) is 4.62. The number of ether oxygens (including phenoxy) is 1. The van der Waals surface area contributed by atoms with Crippen LogP contribution >= 0.6 is 0 Å². The van der Waals surface area contributed by atoms with Gasteiger partial charge in [-0.15, -0.1) is 0 Å². The highest BCUT2D eigenvalue weighted by molar-refractivity contribution is 5.89. The summed E-state index contributed by atoms with van der Waals surface area (Å²) in [6, 6.07) is 23.1. The smallest absolute Gasteiger partial charge is 0.325 e. The van der Waals surface area contributed by atoms with E-state index in [1.165, 1.54) is 19.2 Å². The summed E-state index contributed by atoms with van der Waals surface area (Å²) >= 11 is 0. The number of para-hydroxylation sites is 1. The highest BCUT2D eigenvalue weighted by Gasteiger charge is 2.42. The third-order valence-electron chi connectivity index (χ3n) is 9.00. The van der Waals surface area contributed by atoms with Crippen LogP contribution < -0.4 is 5.32 Å². The fourth-order valence-electron chi connectivity index (χ4n) is 6.27. The molecule has 6 rings (SSSR count). The van der Waals surface area contributed by atoms with Crippen molar-refractivity contribution in [3.8, 4) is 28.1 Å². The van der Waals surface area contributed by atoms with Gasteiger partial charge >= 0.3 is 5.97 Å². The second kappa shape index (κ2) is 13.5. The van der Waals surface area contributed by atoms with Gasteiger partial charge in [-0.3, -0.25) is 19.4 Å². The van der Waals surface area contributed by atoms with Gasteiger partial charge in [0.25, 0.3) is 0 Å². The van der Waals surface area contributed by atoms with Crippen molar-refractivity contribution in [1.82, 2.24) is 20.2 Å². The first-order valence-electron chi connectivity index (χ1n) is 15.5. The van der Waals surface area contributed by atoms with Crippen molar-refractivity contribution >= 4 is 28.7 Å². The molecular formula is C37H35FN4O5. The number of phenols is 1. The number of piperidine rings is 1. The lowest BCUT2D eigenvalue weighted by atomic mass is 9.73. The summed E-state index contributed by atoms with van der Waals surface area (Å²) in [6.45, 7) is 0.490. The molecule has 240 valence electrons. The number of halogens is 1. The van der Waals surface area contributed by atoms with E-state index in [1.807, 2.05) is 54.6 Å². The Labute approximate surface area is 271 Å². The van der Waals surface area contributed by atoms with Crippen molar-refractivity contribution in [2.75, 3.05) is 26.7 Å². The van der Waals surface area contributed by atoms with Gasteiger partial charge in [-0.05, 0) is 66.3 Å². The lowest BCUT2D eigenvalue weighted by Crippen LogP contribution is -2.52. The van der Waals surface area contributed by atoms with Gasteiger partial charge < -0.3 is 25.0 Å². The molecule has 2 amide bonds. The SMILES string of the molecule is COC(=O)CNC(=O)C1(Cc2ccc(F)cc2)CCN(C(=O)Cc2ccc(-c3cccc(-c4cc5ccncc5[nH]4)c3O)cc2)CC1. The first-order chi connectivity index (χ1) is 22.7. The van der Waals surface area contributed by atoms with Gasteiger partial charge in [0.05, 0.1) is 36.4 Å². The number of nitrogens with zero attached hydrogens (tertiary/aromatic N) is 2. The van der Waals surface area contributed by atoms with Gasteiger partial charge in [0.1, 0.15) is 18.1 Å². The number of pyridine rings is 1. The number of carbonyl (C=O) groups is 3.